The number of rotatable bonds is 5. The SMILES string of the molecule is CNC(C)c1ccc(OC)c(CN2C[C@@H](C)O[C@@H](C)C2)c1. The first-order chi connectivity index (χ1) is 10.0. The molecule has 1 unspecified atom stereocenters. The van der Waals surface area contributed by atoms with Crippen LogP contribution in [0.2, 0.25) is 0 Å². The third kappa shape index (κ3) is 4.19. The minimum absolute atomic E-state index is 0.291. The molecule has 4 nitrogen and oxygen atoms in total. The number of benzene rings is 1. The van der Waals surface area contributed by atoms with E-state index in [1.165, 1.54) is 11.1 Å². The smallest absolute Gasteiger partial charge is 0.123 e. The second kappa shape index (κ2) is 7.25. The van der Waals surface area contributed by atoms with Gasteiger partial charge in [-0.2, -0.15) is 0 Å². The third-order valence-electron chi connectivity index (χ3n) is 4.13. The van der Waals surface area contributed by atoms with Gasteiger partial charge in [-0.15, -0.1) is 0 Å². The first-order valence-corrected chi connectivity index (χ1v) is 7.75. The number of methoxy groups -OCH3 is 1. The molecule has 118 valence electrons. The molecule has 2 rings (SSSR count). The van der Waals surface area contributed by atoms with Crippen LogP contribution in [0.5, 0.6) is 5.75 Å². The molecule has 21 heavy (non-hydrogen) atoms. The number of hydrogen-bond donors (Lipinski definition) is 1. The highest BCUT2D eigenvalue weighted by molar-refractivity contribution is 5.38. The van der Waals surface area contributed by atoms with E-state index in [4.69, 9.17) is 9.47 Å². The first-order valence-electron chi connectivity index (χ1n) is 7.75. The van der Waals surface area contributed by atoms with Crippen LogP contribution in [-0.2, 0) is 11.3 Å². The Balaban J connectivity index is 2.17. The van der Waals surface area contributed by atoms with Gasteiger partial charge in [0, 0.05) is 31.2 Å². The van der Waals surface area contributed by atoms with Gasteiger partial charge in [0.05, 0.1) is 19.3 Å². The van der Waals surface area contributed by atoms with Crippen molar-refractivity contribution in [2.45, 2.75) is 45.6 Å². The molecule has 0 bridgehead atoms. The molecule has 1 aliphatic rings. The summed E-state index contributed by atoms with van der Waals surface area (Å²) in [6.07, 6.45) is 0.582. The van der Waals surface area contributed by atoms with Crippen LogP contribution in [0.15, 0.2) is 18.2 Å². The van der Waals surface area contributed by atoms with Crippen molar-refractivity contribution in [1.29, 1.82) is 0 Å². The van der Waals surface area contributed by atoms with Crippen LogP contribution in [0.1, 0.15) is 37.9 Å². The van der Waals surface area contributed by atoms with Crippen LogP contribution in [-0.4, -0.2) is 44.4 Å². The van der Waals surface area contributed by atoms with E-state index in [0.29, 0.717) is 18.2 Å². The summed E-state index contributed by atoms with van der Waals surface area (Å²) >= 11 is 0. The van der Waals surface area contributed by atoms with Crippen molar-refractivity contribution in [3.05, 3.63) is 29.3 Å². The van der Waals surface area contributed by atoms with Gasteiger partial charge in [0.15, 0.2) is 0 Å². The Morgan fingerprint density at radius 2 is 2.00 bits per heavy atom. The van der Waals surface area contributed by atoms with Gasteiger partial charge in [-0.1, -0.05) is 6.07 Å². The second-order valence-electron chi connectivity index (χ2n) is 6.03. The Morgan fingerprint density at radius 3 is 2.57 bits per heavy atom. The van der Waals surface area contributed by atoms with E-state index in [2.05, 4.69) is 49.2 Å². The van der Waals surface area contributed by atoms with Crippen molar-refractivity contribution in [1.82, 2.24) is 10.2 Å². The fourth-order valence-electron chi connectivity index (χ4n) is 3.01. The predicted molar refractivity (Wildman–Crippen MR) is 85.8 cm³/mol. The summed E-state index contributed by atoms with van der Waals surface area (Å²) < 4.78 is 11.3. The number of morpholine rings is 1. The summed E-state index contributed by atoms with van der Waals surface area (Å²) in [6, 6.07) is 6.81. The van der Waals surface area contributed by atoms with Crippen molar-refractivity contribution in [2.24, 2.45) is 0 Å². The quantitative estimate of drug-likeness (QED) is 0.904. The van der Waals surface area contributed by atoms with Crippen LogP contribution in [0.25, 0.3) is 0 Å². The number of hydrogen-bond acceptors (Lipinski definition) is 4. The third-order valence-corrected chi connectivity index (χ3v) is 4.13. The molecule has 1 aromatic rings. The van der Waals surface area contributed by atoms with Crippen LogP contribution in [0.4, 0.5) is 0 Å². The summed E-state index contributed by atoms with van der Waals surface area (Å²) in [6.45, 7) is 9.30. The van der Waals surface area contributed by atoms with Gasteiger partial charge in [0.2, 0.25) is 0 Å². The maximum absolute atomic E-state index is 5.81. The predicted octanol–water partition coefficient (Wildman–Crippen LogP) is 2.58. The van der Waals surface area contributed by atoms with Crippen LogP contribution < -0.4 is 10.1 Å². The van der Waals surface area contributed by atoms with Crippen molar-refractivity contribution >= 4 is 0 Å². The Labute approximate surface area is 128 Å². The van der Waals surface area contributed by atoms with Crippen molar-refractivity contribution in [3.63, 3.8) is 0 Å². The van der Waals surface area contributed by atoms with Gasteiger partial charge in [-0.25, -0.2) is 0 Å². The summed E-state index contributed by atoms with van der Waals surface area (Å²) in [5.74, 6) is 0.967. The average Bonchev–Trinajstić information content (AvgIpc) is 2.45. The number of ether oxygens (including phenoxy) is 2. The maximum Gasteiger partial charge on any atom is 0.123 e. The van der Waals surface area contributed by atoms with Crippen molar-refractivity contribution < 1.29 is 9.47 Å². The van der Waals surface area contributed by atoms with E-state index in [1.54, 1.807) is 7.11 Å². The van der Waals surface area contributed by atoms with E-state index in [-0.39, 0.29) is 0 Å². The molecular weight excluding hydrogens is 264 g/mol. The first kappa shape index (κ1) is 16.3. The molecule has 1 heterocycles. The summed E-state index contributed by atoms with van der Waals surface area (Å²) in [7, 11) is 3.73. The minimum Gasteiger partial charge on any atom is -0.496 e. The Bertz CT molecular complexity index is 454. The van der Waals surface area contributed by atoms with E-state index >= 15 is 0 Å². The monoisotopic (exact) mass is 292 g/mol. The molecule has 1 aliphatic heterocycles. The molecule has 3 atom stereocenters. The molecule has 0 radical (unpaired) electrons. The fraction of sp³-hybridized carbons (Fsp3) is 0.647. The van der Waals surface area contributed by atoms with Crippen LogP contribution in [0, 0.1) is 0 Å². The number of nitrogens with zero attached hydrogens (tertiary/aromatic N) is 1. The average molecular weight is 292 g/mol. The van der Waals surface area contributed by atoms with Crippen LogP contribution in [0.3, 0.4) is 0 Å². The number of nitrogens with one attached hydrogen (secondary N) is 1. The Kier molecular flexibility index (Phi) is 5.62. The van der Waals surface area contributed by atoms with Crippen molar-refractivity contribution in [3.8, 4) is 5.75 Å². The standard InChI is InChI=1S/C17H28N2O2/c1-12-9-19(10-13(2)21-12)11-16-8-15(14(3)18-4)6-7-17(16)20-5/h6-8,12-14,18H,9-11H2,1-5H3/t12-,13+,14?. The zero-order valence-corrected chi connectivity index (χ0v) is 13.8. The van der Waals surface area contributed by atoms with E-state index in [0.717, 1.165) is 25.4 Å². The van der Waals surface area contributed by atoms with Gasteiger partial charge >= 0.3 is 0 Å². The molecule has 1 fully saturated rings. The van der Waals surface area contributed by atoms with Gasteiger partial charge in [0.25, 0.3) is 0 Å². The summed E-state index contributed by atoms with van der Waals surface area (Å²) in [5, 5.41) is 3.29. The zero-order valence-electron chi connectivity index (χ0n) is 13.8. The maximum atomic E-state index is 5.81. The molecule has 4 heteroatoms. The van der Waals surface area contributed by atoms with E-state index < -0.39 is 0 Å². The van der Waals surface area contributed by atoms with E-state index in [9.17, 15) is 0 Å². The minimum atomic E-state index is 0.291. The highest BCUT2D eigenvalue weighted by Crippen LogP contribution is 2.25. The second-order valence-corrected chi connectivity index (χ2v) is 6.03. The topological polar surface area (TPSA) is 33.7 Å². The van der Waals surface area contributed by atoms with Crippen molar-refractivity contribution in [2.75, 3.05) is 27.2 Å². The Hall–Kier alpha value is -1.10. The van der Waals surface area contributed by atoms with E-state index in [1.807, 2.05) is 7.05 Å². The molecule has 0 saturated carbocycles. The van der Waals surface area contributed by atoms with Gasteiger partial charge in [-0.3, -0.25) is 4.90 Å². The molecule has 0 aromatic heterocycles. The van der Waals surface area contributed by atoms with Gasteiger partial charge in [-0.05, 0) is 45.5 Å². The van der Waals surface area contributed by atoms with Crippen LogP contribution >= 0.6 is 0 Å². The molecule has 0 spiro atoms. The lowest BCUT2D eigenvalue weighted by Gasteiger charge is -2.35. The fourth-order valence-corrected chi connectivity index (χ4v) is 3.01. The van der Waals surface area contributed by atoms with Gasteiger partial charge < -0.3 is 14.8 Å². The van der Waals surface area contributed by atoms with Gasteiger partial charge in [0.1, 0.15) is 5.75 Å². The lowest BCUT2D eigenvalue weighted by Crippen LogP contribution is -2.44. The Morgan fingerprint density at radius 1 is 1.33 bits per heavy atom. The summed E-state index contributed by atoms with van der Waals surface area (Å²) in [5.41, 5.74) is 2.54. The lowest BCUT2D eigenvalue weighted by atomic mass is 10.0. The zero-order chi connectivity index (χ0) is 15.4. The summed E-state index contributed by atoms with van der Waals surface area (Å²) in [4.78, 5) is 2.45. The molecule has 1 N–H and O–H groups in total. The lowest BCUT2D eigenvalue weighted by molar-refractivity contribution is -0.0706. The normalized spacial score (nSPS) is 24.8. The highest BCUT2D eigenvalue weighted by Gasteiger charge is 2.23. The molecule has 0 amide bonds. The highest BCUT2D eigenvalue weighted by atomic mass is 16.5. The molecular formula is C17H28N2O2. The molecule has 1 aromatic carbocycles. The largest absolute Gasteiger partial charge is 0.496 e. The molecule has 0 aliphatic carbocycles. The molecule has 1 saturated heterocycles.